The van der Waals surface area contributed by atoms with Gasteiger partial charge >= 0.3 is 11.9 Å². The minimum atomic E-state index is -4.72. The van der Waals surface area contributed by atoms with Crippen LogP contribution in [-0.4, -0.2) is 137 Å². The first-order valence-electron chi connectivity index (χ1n) is 23.9. The third-order valence-electron chi connectivity index (χ3n) is 14.9. The lowest BCUT2D eigenvalue weighted by Gasteiger charge is -2.40. The third-order valence-corrected chi connectivity index (χ3v) is 14.9. The number of aliphatic hydroxyl groups excluding tert-OH is 1. The van der Waals surface area contributed by atoms with E-state index in [1.165, 1.54) is 18.7 Å². The van der Waals surface area contributed by atoms with Gasteiger partial charge in [-0.2, -0.15) is 13.2 Å². The van der Waals surface area contributed by atoms with Gasteiger partial charge in [0.05, 0.1) is 16.8 Å². The topological polar surface area (TPSA) is 174 Å². The fraction of sp³-hybridized carbons (Fsp3) is 0.490. The lowest BCUT2D eigenvalue weighted by Crippen LogP contribution is -2.52. The number of imide groups is 1. The molecule has 0 bridgehead atoms. The number of aliphatic hydroxyl groups is 1. The molecule has 2 N–H and O–H groups in total. The van der Waals surface area contributed by atoms with Gasteiger partial charge in [-0.1, -0.05) is 12.1 Å². The number of hydrogen-bond donors (Lipinski definition) is 2. The lowest BCUT2D eigenvalue weighted by molar-refractivity contribution is -0.137. The molecule has 20 heteroatoms. The average Bonchev–Trinajstić information content (AvgIpc) is 4.03. The molecule has 69 heavy (non-hydrogen) atoms. The Hall–Kier alpha value is -6.38. The van der Waals surface area contributed by atoms with Crippen molar-refractivity contribution in [1.82, 2.24) is 48.6 Å². The van der Waals surface area contributed by atoms with E-state index in [9.17, 15) is 42.3 Å². The summed E-state index contributed by atoms with van der Waals surface area (Å²) in [6.07, 6.45) is 2.63. The van der Waals surface area contributed by atoms with Gasteiger partial charge in [-0.25, -0.2) is 4.79 Å². The fourth-order valence-electron chi connectivity index (χ4n) is 10.9. The Labute approximate surface area is 396 Å². The molecule has 17 nitrogen and oxygen atoms in total. The highest BCUT2D eigenvalue weighted by Gasteiger charge is 2.40. The van der Waals surface area contributed by atoms with Gasteiger partial charge < -0.3 is 24.4 Å². The first kappa shape index (κ1) is 46.4. The van der Waals surface area contributed by atoms with Crippen LogP contribution in [0.3, 0.4) is 0 Å². The van der Waals surface area contributed by atoms with Crippen molar-refractivity contribution in [2.75, 3.05) is 63.8 Å². The van der Waals surface area contributed by atoms with Crippen molar-refractivity contribution >= 4 is 34.8 Å². The van der Waals surface area contributed by atoms with E-state index >= 15 is 0 Å². The second-order valence-electron chi connectivity index (χ2n) is 19.4. The average molecular weight is 952 g/mol. The molecule has 5 aliphatic rings. The molecule has 0 unspecified atom stereocenters. The Bertz CT molecular complexity index is 2830. The van der Waals surface area contributed by atoms with Crippen molar-refractivity contribution in [2.24, 2.45) is 18.9 Å². The van der Waals surface area contributed by atoms with Gasteiger partial charge in [-0.3, -0.25) is 43.3 Å². The summed E-state index contributed by atoms with van der Waals surface area (Å²) in [5.74, 6) is 0.238. The van der Waals surface area contributed by atoms with E-state index in [2.05, 4.69) is 36.3 Å². The summed E-state index contributed by atoms with van der Waals surface area (Å²) in [5, 5.41) is 21.0. The molecule has 8 heterocycles. The van der Waals surface area contributed by atoms with Gasteiger partial charge in [-0.05, 0) is 110 Å². The van der Waals surface area contributed by atoms with Gasteiger partial charge in [0.15, 0.2) is 5.82 Å². The number of amides is 4. The number of imidazole rings is 1. The number of rotatable bonds is 11. The molecule has 5 aromatic rings. The zero-order valence-electron chi connectivity index (χ0n) is 38.5. The number of piperidine rings is 3. The smallest absolute Gasteiger partial charge is 0.380 e. The summed E-state index contributed by atoms with van der Waals surface area (Å²) in [5.41, 5.74) is 1.78. The molecule has 0 radical (unpaired) electrons. The molecule has 364 valence electrons. The second-order valence-corrected chi connectivity index (χ2v) is 19.4. The number of carbonyl (C=O) groups excluding carboxylic acids is 4. The molecule has 0 saturated carbocycles. The zero-order valence-corrected chi connectivity index (χ0v) is 38.5. The number of nitrogens with one attached hydrogen (secondary N) is 1. The van der Waals surface area contributed by atoms with Crippen molar-refractivity contribution in [3.63, 3.8) is 0 Å². The van der Waals surface area contributed by atoms with E-state index in [1.54, 1.807) is 40.8 Å². The van der Waals surface area contributed by atoms with Crippen LogP contribution in [0, 0.1) is 11.8 Å². The van der Waals surface area contributed by atoms with Crippen molar-refractivity contribution in [3.05, 3.63) is 111 Å². The molecular weight excluding hydrogens is 896 g/mol. The van der Waals surface area contributed by atoms with E-state index in [-0.39, 0.29) is 47.9 Å². The summed E-state index contributed by atoms with van der Waals surface area (Å²) >= 11 is 0. The van der Waals surface area contributed by atoms with Gasteiger partial charge in [0, 0.05) is 102 Å². The van der Waals surface area contributed by atoms with Crippen LogP contribution >= 0.6 is 0 Å². The third kappa shape index (κ3) is 9.53. The maximum absolute atomic E-state index is 14.6. The predicted molar refractivity (Wildman–Crippen MR) is 246 cm³/mol. The van der Waals surface area contributed by atoms with Crippen molar-refractivity contribution in [2.45, 2.75) is 76.4 Å². The number of anilines is 1. The molecule has 2 atom stereocenters. The highest BCUT2D eigenvalue weighted by atomic mass is 19.4. The number of piperazine rings is 1. The zero-order chi connectivity index (χ0) is 48.1. The summed E-state index contributed by atoms with van der Waals surface area (Å²) in [7, 11) is 1.68. The Morgan fingerprint density at radius 2 is 1.61 bits per heavy atom. The number of benzene rings is 2. The number of alkyl halides is 3. The van der Waals surface area contributed by atoms with Crippen LogP contribution in [0.25, 0.3) is 11.2 Å². The van der Waals surface area contributed by atoms with Gasteiger partial charge in [0.2, 0.25) is 17.7 Å². The van der Waals surface area contributed by atoms with Crippen LogP contribution in [-0.2, 0) is 40.7 Å². The Balaban J connectivity index is 0.680. The number of likely N-dealkylation sites (tertiary alicyclic amines) is 2. The summed E-state index contributed by atoms with van der Waals surface area (Å²) in [4.78, 5) is 75.0. The number of pyridine rings is 1. The highest BCUT2D eigenvalue weighted by Crippen LogP contribution is 2.35. The van der Waals surface area contributed by atoms with Crippen LogP contribution < -0.4 is 15.9 Å². The minimum absolute atomic E-state index is 0.162. The van der Waals surface area contributed by atoms with Crippen molar-refractivity contribution in [1.29, 1.82) is 0 Å². The number of nitrogens with zero attached hydrogens (tertiary/aromatic N) is 10. The molecular formula is C49H56F3N11O6. The van der Waals surface area contributed by atoms with Crippen LogP contribution in [0.15, 0.2) is 72.0 Å². The van der Waals surface area contributed by atoms with Crippen molar-refractivity contribution < 1.29 is 37.5 Å². The number of aromatic nitrogens is 5. The monoisotopic (exact) mass is 951 g/mol. The van der Waals surface area contributed by atoms with Gasteiger partial charge in [-0.15, -0.1) is 10.2 Å². The molecule has 4 amide bonds. The largest absolute Gasteiger partial charge is 0.418 e. The summed E-state index contributed by atoms with van der Waals surface area (Å²) < 4.78 is 47.4. The maximum Gasteiger partial charge on any atom is 0.418 e. The summed E-state index contributed by atoms with van der Waals surface area (Å²) in [6.45, 7) is 7.80. The van der Waals surface area contributed by atoms with Gasteiger partial charge in [0.25, 0.3) is 5.91 Å². The van der Waals surface area contributed by atoms with Crippen molar-refractivity contribution in [3.8, 4) is 5.69 Å². The van der Waals surface area contributed by atoms with Crippen LogP contribution in [0.5, 0.6) is 0 Å². The van der Waals surface area contributed by atoms with E-state index in [1.807, 2.05) is 17.0 Å². The quantitative estimate of drug-likeness (QED) is 0.185. The standard InChI is InChI=1S/C49H56F3N11O6/c1-56-30-53-55-45(56)44(66)34-3-2-4-37(23-34)61-29-41-39(49(50,51)52)21-33(27-63(41)48(61)69)26-57-13-9-31(10-14-57)22-43(65)60-15-11-32(12-16-60)25-58-17-19-59(20-18-58)36-5-6-38-35(24-36)28-62(47(38)68)40-7-8-42(64)54-46(40)67/h2-6,21,23-24,27,29-32,40,44,66H,7-20,22,25-26,28H2,1H3,(H,54,64,67)/t40-,44-/m1/s1. The summed E-state index contributed by atoms with van der Waals surface area (Å²) in [6, 6.07) is 12.8. The number of halogens is 3. The van der Waals surface area contributed by atoms with E-state index < -0.39 is 35.5 Å². The maximum atomic E-state index is 14.6. The minimum Gasteiger partial charge on any atom is -0.380 e. The normalized spacial score (nSPS) is 20.8. The second kappa shape index (κ2) is 18.8. The Morgan fingerprint density at radius 1 is 0.855 bits per heavy atom. The Kier molecular flexibility index (Phi) is 12.7. The SMILES string of the molecule is Cn1cnnc1[C@H](O)c1cccc(-n2cc3c(C(F)(F)F)cc(CN4CCC(CC(=O)N5CCC(CN6CCN(c7ccc8c(c7)CN([C@@H]7CCC(=O)NC7=O)C8=O)CC6)CC5)CC4)cn3c2=O)c1. The molecule has 10 rings (SSSR count). The molecule has 0 aliphatic carbocycles. The molecule has 3 aromatic heterocycles. The highest BCUT2D eigenvalue weighted by molar-refractivity contribution is 6.05. The van der Waals surface area contributed by atoms with E-state index in [0.717, 1.165) is 97.8 Å². The number of carbonyl (C=O) groups is 4. The predicted octanol–water partition coefficient (Wildman–Crippen LogP) is 3.74. The Morgan fingerprint density at radius 3 is 2.32 bits per heavy atom. The fourth-order valence-corrected chi connectivity index (χ4v) is 10.9. The van der Waals surface area contributed by atoms with E-state index in [4.69, 9.17) is 0 Å². The molecule has 5 aliphatic heterocycles. The van der Waals surface area contributed by atoms with Crippen LogP contribution in [0.2, 0.25) is 0 Å². The molecule has 4 saturated heterocycles. The first-order chi connectivity index (χ1) is 33.2. The first-order valence-corrected chi connectivity index (χ1v) is 23.9. The van der Waals surface area contributed by atoms with Crippen LogP contribution in [0.4, 0.5) is 18.9 Å². The number of aryl methyl sites for hydroxylation is 1. The van der Waals surface area contributed by atoms with Crippen LogP contribution in [0.1, 0.15) is 89.5 Å². The number of hydrogen-bond acceptors (Lipinski definition) is 11. The molecule has 0 spiro atoms. The molecule has 2 aromatic carbocycles. The molecule has 4 fully saturated rings. The van der Waals surface area contributed by atoms with E-state index in [0.29, 0.717) is 60.8 Å². The number of fused-ring (bicyclic) bond motifs is 2. The lowest BCUT2D eigenvalue weighted by atomic mass is 9.91. The van der Waals surface area contributed by atoms with Gasteiger partial charge in [0.1, 0.15) is 18.5 Å².